The first kappa shape index (κ1) is 14.3. The molecular weight excluding hydrogens is 294 g/mol. The van der Waals surface area contributed by atoms with Crippen molar-refractivity contribution in [2.24, 2.45) is 0 Å². The molecule has 7 nitrogen and oxygen atoms in total. The van der Waals surface area contributed by atoms with Crippen molar-refractivity contribution in [1.29, 1.82) is 0 Å². The molecule has 106 valence electrons. The van der Waals surface area contributed by atoms with Crippen LogP contribution in [0.4, 0.5) is 5.82 Å². The van der Waals surface area contributed by atoms with E-state index in [1.165, 1.54) is 17.1 Å². The Kier molecular flexibility index (Phi) is 3.82. The van der Waals surface area contributed by atoms with Gasteiger partial charge in [-0.15, -0.1) is 0 Å². The average molecular weight is 308 g/mol. The monoisotopic (exact) mass is 307 g/mol. The summed E-state index contributed by atoms with van der Waals surface area (Å²) in [6.45, 7) is 0. The molecule has 2 atom stereocenters. The van der Waals surface area contributed by atoms with Crippen molar-refractivity contribution in [3.63, 3.8) is 0 Å². The zero-order valence-corrected chi connectivity index (χ0v) is 11.9. The van der Waals surface area contributed by atoms with Crippen molar-refractivity contribution in [2.45, 2.75) is 37.0 Å². The fourth-order valence-corrected chi connectivity index (χ4v) is 3.79. The highest BCUT2D eigenvalue weighted by Gasteiger charge is 2.32. The summed E-state index contributed by atoms with van der Waals surface area (Å²) < 4.78 is 24.6. The molecule has 2 unspecified atom stereocenters. The maximum atomic E-state index is 11.6. The summed E-state index contributed by atoms with van der Waals surface area (Å²) in [4.78, 5) is 10.0. The average Bonchev–Trinajstić information content (AvgIpc) is 2.70. The van der Waals surface area contributed by atoms with Crippen LogP contribution in [0.5, 0.6) is 0 Å². The Labute approximate surface area is 115 Å². The van der Waals surface area contributed by atoms with Crippen molar-refractivity contribution >= 4 is 27.3 Å². The summed E-state index contributed by atoms with van der Waals surface area (Å²) in [6, 6.07) is -0.153. The third-order valence-corrected chi connectivity index (χ3v) is 5.33. The van der Waals surface area contributed by atoms with Crippen LogP contribution in [0.15, 0.2) is 6.20 Å². The Balaban J connectivity index is 2.22. The van der Waals surface area contributed by atoms with E-state index in [9.17, 15) is 18.5 Å². The molecule has 0 aliphatic heterocycles. The Morgan fingerprint density at radius 2 is 2.21 bits per heavy atom. The number of hydrogen-bond acceptors (Lipinski definition) is 5. The predicted molar refractivity (Wildman–Crippen MR) is 70.0 cm³/mol. The topological polar surface area (TPSA) is 95.1 Å². The molecule has 9 heteroatoms. The van der Waals surface area contributed by atoms with E-state index in [1.54, 1.807) is 0 Å². The van der Waals surface area contributed by atoms with Crippen molar-refractivity contribution in [1.82, 2.24) is 9.78 Å². The lowest BCUT2D eigenvalue weighted by atomic mass is 9.95. The van der Waals surface area contributed by atoms with E-state index in [0.717, 1.165) is 12.8 Å². The zero-order valence-electron chi connectivity index (χ0n) is 10.3. The van der Waals surface area contributed by atoms with Gasteiger partial charge in [0.05, 0.1) is 22.6 Å². The molecule has 1 aliphatic carbocycles. The number of sulfone groups is 1. The first-order valence-electron chi connectivity index (χ1n) is 5.87. The number of rotatable bonds is 3. The Hall–Kier alpha value is -1.15. The highest BCUT2D eigenvalue weighted by Crippen LogP contribution is 2.33. The second-order valence-corrected chi connectivity index (χ2v) is 7.54. The lowest BCUT2D eigenvalue weighted by Crippen LogP contribution is -2.29. The first-order valence-corrected chi connectivity index (χ1v) is 8.20. The molecule has 0 aromatic carbocycles. The maximum Gasteiger partial charge on any atom is 0.408 e. The minimum atomic E-state index is -3.09. The molecule has 0 amide bonds. The van der Waals surface area contributed by atoms with Crippen LogP contribution in [0, 0.1) is 10.1 Å². The molecular formula is C10H14ClN3O4S. The minimum Gasteiger partial charge on any atom is -0.358 e. The molecule has 19 heavy (non-hydrogen) atoms. The predicted octanol–water partition coefficient (Wildman–Crippen LogP) is 1.97. The number of aromatic nitrogens is 2. The van der Waals surface area contributed by atoms with Gasteiger partial charge < -0.3 is 10.1 Å². The lowest BCUT2D eigenvalue weighted by Gasteiger charge is -2.26. The summed E-state index contributed by atoms with van der Waals surface area (Å²) in [7, 11) is -3.09. The molecule has 2 rings (SSSR count). The molecule has 0 radical (unpaired) electrons. The Morgan fingerprint density at radius 3 is 2.74 bits per heavy atom. The zero-order chi connectivity index (χ0) is 14.2. The summed E-state index contributed by atoms with van der Waals surface area (Å²) >= 11 is 5.74. The van der Waals surface area contributed by atoms with E-state index >= 15 is 0 Å². The highest BCUT2D eigenvalue weighted by molar-refractivity contribution is 7.91. The van der Waals surface area contributed by atoms with Crippen LogP contribution in [0.1, 0.15) is 31.7 Å². The standard InChI is InChI=1S/C10H14ClN3O4S/c1-19(17,18)8-4-2-3-7(5-8)13-6-9(11)10(12-13)14(15)16/h6-8H,2-5H2,1H3. The smallest absolute Gasteiger partial charge is 0.358 e. The SMILES string of the molecule is CS(=O)(=O)C1CCCC(n2cc(Cl)c([N+](=O)[O-])n2)C1. The molecule has 1 fully saturated rings. The quantitative estimate of drug-likeness (QED) is 0.628. The molecule has 0 saturated heterocycles. The highest BCUT2D eigenvalue weighted by atomic mass is 35.5. The van der Waals surface area contributed by atoms with Gasteiger partial charge in [-0.2, -0.15) is 4.68 Å². The van der Waals surface area contributed by atoms with Crippen LogP contribution in [-0.2, 0) is 9.84 Å². The second kappa shape index (κ2) is 5.09. The van der Waals surface area contributed by atoms with Crippen LogP contribution in [0.3, 0.4) is 0 Å². The maximum absolute atomic E-state index is 11.6. The summed E-state index contributed by atoms with van der Waals surface area (Å²) in [5, 5.41) is 14.1. The molecule has 1 saturated carbocycles. The Bertz CT molecular complexity index is 598. The van der Waals surface area contributed by atoms with Gasteiger partial charge in [0.25, 0.3) is 0 Å². The van der Waals surface area contributed by atoms with Gasteiger partial charge in [-0.25, -0.2) is 8.42 Å². The summed E-state index contributed by atoms with van der Waals surface area (Å²) in [5.41, 5.74) is 0. The van der Waals surface area contributed by atoms with Crippen LogP contribution >= 0.6 is 11.6 Å². The third kappa shape index (κ3) is 3.06. The van der Waals surface area contributed by atoms with Crippen molar-refractivity contribution in [2.75, 3.05) is 6.26 Å². The minimum absolute atomic E-state index is 0.0218. The number of halogens is 1. The summed E-state index contributed by atoms with van der Waals surface area (Å²) in [6.07, 6.45) is 5.18. The van der Waals surface area contributed by atoms with Crippen LogP contribution in [0.25, 0.3) is 0 Å². The van der Waals surface area contributed by atoms with Gasteiger partial charge in [-0.1, -0.05) is 11.6 Å². The molecule has 1 aliphatic rings. The van der Waals surface area contributed by atoms with Crippen LogP contribution in [-0.4, -0.2) is 34.6 Å². The van der Waals surface area contributed by atoms with Gasteiger partial charge in [0.15, 0.2) is 5.02 Å². The molecule has 1 aromatic rings. The van der Waals surface area contributed by atoms with Gasteiger partial charge in [0.2, 0.25) is 0 Å². The Morgan fingerprint density at radius 1 is 1.53 bits per heavy atom. The number of hydrogen-bond donors (Lipinski definition) is 0. The second-order valence-electron chi connectivity index (χ2n) is 4.81. The van der Waals surface area contributed by atoms with E-state index in [0.29, 0.717) is 12.8 Å². The van der Waals surface area contributed by atoms with Crippen molar-refractivity contribution in [3.8, 4) is 0 Å². The van der Waals surface area contributed by atoms with E-state index in [-0.39, 0.29) is 16.9 Å². The summed E-state index contributed by atoms with van der Waals surface area (Å²) in [5.74, 6) is -0.386. The molecule has 1 aromatic heterocycles. The van der Waals surface area contributed by atoms with Crippen molar-refractivity contribution in [3.05, 3.63) is 21.3 Å². The molecule has 0 N–H and O–H groups in total. The van der Waals surface area contributed by atoms with Gasteiger partial charge in [-0.05, 0) is 30.6 Å². The third-order valence-electron chi connectivity index (χ3n) is 3.42. The van der Waals surface area contributed by atoms with Gasteiger partial charge in [-0.3, -0.25) is 0 Å². The van der Waals surface area contributed by atoms with E-state index in [2.05, 4.69) is 5.10 Å². The lowest BCUT2D eigenvalue weighted by molar-refractivity contribution is -0.389. The first-order chi connectivity index (χ1) is 8.79. The number of nitro groups is 1. The van der Waals surface area contributed by atoms with E-state index in [4.69, 9.17) is 11.6 Å². The van der Waals surface area contributed by atoms with Gasteiger partial charge >= 0.3 is 5.82 Å². The van der Waals surface area contributed by atoms with E-state index in [1.807, 2.05) is 0 Å². The van der Waals surface area contributed by atoms with Gasteiger partial charge in [0.1, 0.15) is 9.84 Å². The fourth-order valence-electron chi connectivity index (χ4n) is 2.42. The fraction of sp³-hybridized carbons (Fsp3) is 0.700. The van der Waals surface area contributed by atoms with Crippen LogP contribution < -0.4 is 0 Å². The van der Waals surface area contributed by atoms with Gasteiger partial charge in [0, 0.05) is 6.26 Å². The van der Waals surface area contributed by atoms with Crippen molar-refractivity contribution < 1.29 is 13.3 Å². The van der Waals surface area contributed by atoms with Crippen LogP contribution in [0.2, 0.25) is 5.02 Å². The molecule has 0 spiro atoms. The number of nitrogens with zero attached hydrogens (tertiary/aromatic N) is 3. The molecule has 0 bridgehead atoms. The van der Waals surface area contributed by atoms with E-state index < -0.39 is 20.0 Å². The normalized spacial score (nSPS) is 24.3. The molecule has 1 heterocycles. The largest absolute Gasteiger partial charge is 0.408 e.